The third-order valence-corrected chi connectivity index (χ3v) is 4.91. The number of nitrogens with two attached hydrogens (primary N) is 1. The number of nitrogen functional groups attached to an aromatic ring is 1. The highest BCUT2D eigenvalue weighted by atomic mass is 16.7. The number of hydrogen-bond donors (Lipinski definition) is 1. The molecule has 3 rings (SSSR count). The van der Waals surface area contributed by atoms with E-state index in [0.29, 0.717) is 11.6 Å². The minimum absolute atomic E-state index is 0.180. The Morgan fingerprint density at radius 2 is 1.72 bits per heavy atom. The normalized spacial score (nSPS) is 19.6. The molecule has 0 saturated carbocycles. The van der Waals surface area contributed by atoms with Crippen LogP contribution in [0.3, 0.4) is 0 Å². The van der Waals surface area contributed by atoms with E-state index in [0.717, 1.165) is 11.0 Å². The van der Waals surface area contributed by atoms with Crippen LogP contribution < -0.4 is 15.9 Å². The summed E-state index contributed by atoms with van der Waals surface area (Å²) in [6, 6.07) is 5.65. The molecule has 0 aromatic carbocycles. The van der Waals surface area contributed by atoms with Gasteiger partial charge in [0, 0.05) is 24.1 Å². The molecule has 0 radical (unpaired) electrons. The number of rotatable bonds is 4. The minimum Gasteiger partial charge on any atom is -0.482 e. The maximum atomic E-state index is 6.07. The molecule has 25 heavy (non-hydrogen) atoms. The fourth-order valence-electron chi connectivity index (χ4n) is 2.57. The first-order valence-corrected chi connectivity index (χ1v) is 8.37. The molecule has 1 saturated heterocycles. The smallest absolute Gasteiger partial charge is 0.482 e. The van der Waals surface area contributed by atoms with Crippen molar-refractivity contribution in [3.05, 3.63) is 42.4 Å². The predicted molar refractivity (Wildman–Crippen MR) is 97.6 cm³/mol. The van der Waals surface area contributed by atoms with Crippen LogP contribution in [0.4, 0.5) is 5.82 Å². The fraction of sp³-hybridized carbons (Fsp3) is 0.444. The van der Waals surface area contributed by atoms with Gasteiger partial charge in [0.15, 0.2) is 11.6 Å². The molecule has 1 aliphatic heterocycles. The minimum atomic E-state index is -0.503. The second-order valence-electron chi connectivity index (χ2n) is 7.28. The van der Waals surface area contributed by atoms with Crippen LogP contribution in [-0.4, -0.2) is 28.3 Å². The lowest BCUT2D eigenvalue weighted by atomic mass is 9.80. The lowest BCUT2D eigenvalue weighted by Gasteiger charge is -2.32. The second-order valence-corrected chi connectivity index (χ2v) is 7.28. The highest BCUT2D eigenvalue weighted by Gasteiger charge is 2.52. The number of aromatic nitrogens is 2. The average molecular weight is 341 g/mol. The Balaban J connectivity index is 1.82. The zero-order valence-corrected chi connectivity index (χ0v) is 15.3. The van der Waals surface area contributed by atoms with E-state index in [1.807, 2.05) is 52.8 Å². The summed E-state index contributed by atoms with van der Waals surface area (Å²) in [6.07, 6.45) is 4.96. The van der Waals surface area contributed by atoms with E-state index in [1.165, 1.54) is 0 Å². The SMILES string of the molecule is C[C@@H](Oc1cc(B2OC(C)(C)C(C)(C)O2)cnc1N)c1ccncc1. The summed E-state index contributed by atoms with van der Waals surface area (Å²) in [5.74, 6) is 0.845. The van der Waals surface area contributed by atoms with E-state index < -0.39 is 18.3 Å². The maximum Gasteiger partial charge on any atom is 0.496 e. The van der Waals surface area contributed by atoms with Gasteiger partial charge in [-0.15, -0.1) is 0 Å². The molecule has 0 bridgehead atoms. The van der Waals surface area contributed by atoms with Crippen LogP contribution in [-0.2, 0) is 9.31 Å². The van der Waals surface area contributed by atoms with Crippen molar-refractivity contribution >= 4 is 18.4 Å². The van der Waals surface area contributed by atoms with Crippen LogP contribution in [0.1, 0.15) is 46.3 Å². The van der Waals surface area contributed by atoms with Gasteiger partial charge in [0.2, 0.25) is 0 Å². The van der Waals surface area contributed by atoms with Gasteiger partial charge in [-0.3, -0.25) is 4.98 Å². The third-order valence-electron chi connectivity index (χ3n) is 4.91. The zero-order valence-electron chi connectivity index (χ0n) is 15.3. The van der Waals surface area contributed by atoms with Gasteiger partial charge in [0.1, 0.15) is 6.10 Å². The van der Waals surface area contributed by atoms with Crippen LogP contribution in [0.25, 0.3) is 0 Å². The number of pyridine rings is 2. The van der Waals surface area contributed by atoms with Crippen molar-refractivity contribution < 1.29 is 14.0 Å². The molecule has 0 unspecified atom stereocenters. The summed E-state index contributed by atoms with van der Waals surface area (Å²) >= 11 is 0. The van der Waals surface area contributed by atoms with E-state index in [2.05, 4.69) is 9.97 Å². The van der Waals surface area contributed by atoms with Gasteiger partial charge in [-0.25, -0.2) is 4.98 Å². The molecule has 3 heterocycles. The van der Waals surface area contributed by atoms with Crippen molar-refractivity contribution in [2.24, 2.45) is 0 Å². The van der Waals surface area contributed by atoms with Gasteiger partial charge in [0.05, 0.1) is 11.2 Å². The summed E-state index contributed by atoms with van der Waals surface area (Å²) in [5.41, 5.74) is 6.96. The topological polar surface area (TPSA) is 79.5 Å². The van der Waals surface area contributed by atoms with Crippen LogP contribution in [0.2, 0.25) is 0 Å². The molecule has 0 spiro atoms. The van der Waals surface area contributed by atoms with Crippen LogP contribution >= 0.6 is 0 Å². The van der Waals surface area contributed by atoms with Crippen LogP contribution in [0.5, 0.6) is 5.75 Å². The van der Waals surface area contributed by atoms with Crippen molar-refractivity contribution in [3.63, 3.8) is 0 Å². The largest absolute Gasteiger partial charge is 0.496 e. The Morgan fingerprint density at radius 3 is 2.32 bits per heavy atom. The molecule has 6 nitrogen and oxygen atoms in total. The molecule has 7 heteroatoms. The van der Waals surface area contributed by atoms with E-state index in [9.17, 15) is 0 Å². The van der Waals surface area contributed by atoms with Gasteiger partial charge in [-0.1, -0.05) is 0 Å². The Morgan fingerprint density at radius 1 is 1.12 bits per heavy atom. The van der Waals surface area contributed by atoms with E-state index >= 15 is 0 Å². The summed E-state index contributed by atoms with van der Waals surface area (Å²) in [4.78, 5) is 8.27. The first-order valence-electron chi connectivity index (χ1n) is 8.37. The van der Waals surface area contributed by atoms with Gasteiger partial charge >= 0.3 is 7.12 Å². The molecule has 0 aliphatic carbocycles. The van der Waals surface area contributed by atoms with Crippen molar-refractivity contribution in [3.8, 4) is 5.75 Å². The average Bonchev–Trinajstić information content (AvgIpc) is 2.78. The second kappa shape index (κ2) is 6.31. The summed E-state index contributed by atoms with van der Waals surface area (Å²) < 4.78 is 18.1. The van der Waals surface area contributed by atoms with E-state index in [4.69, 9.17) is 19.8 Å². The molecule has 132 valence electrons. The number of nitrogens with zero attached hydrogens (tertiary/aromatic N) is 2. The highest BCUT2D eigenvalue weighted by molar-refractivity contribution is 6.62. The van der Waals surface area contributed by atoms with E-state index in [-0.39, 0.29) is 6.10 Å². The molecular formula is C18H24BN3O3. The lowest BCUT2D eigenvalue weighted by molar-refractivity contribution is 0.00578. The first kappa shape index (κ1) is 17.7. The van der Waals surface area contributed by atoms with Gasteiger partial charge < -0.3 is 19.8 Å². The van der Waals surface area contributed by atoms with Crippen molar-refractivity contribution in [2.75, 3.05) is 5.73 Å². The molecule has 2 aromatic heterocycles. The number of hydrogen-bond acceptors (Lipinski definition) is 6. The molecule has 1 fully saturated rings. The third kappa shape index (κ3) is 3.48. The molecule has 0 amide bonds. The lowest BCUT2D eigenvalue weighted by Crippen LogP contribution is -2.41. The Labute approximate surface area is 148 Å². The first-order chi connectivity index (χ1) is 11.7. The monoisotopic (exact) mass is 341 g/mol. The highest BCUT2D eigenvalue weighted by Crippen LogP contribution is 2.37. The predicted octanol–water partition coefficient (Wildman–Crippen LogP) is 2.50. The summed E-state index contributed by atoms with van der Waals surface area (Å²) in [5, 5.41) is 0. The maximum absolute atomic E-state index is 6.07. The fourth-order valence-corrected chi connectivity index (χ4v) is 2.57. The Hall–Kier alpha value is -2.12. The Bertz CT molecular complexity index is 736. The number of anilines is 1. The van der Waals surface area contributed by atoms with Crippen molar-refractivity contribution in [2.45, 2.75) is 51.9 Å². The zero-order chi connectivity index (χ0) is 18.2. The summed E-state index contributed by atoms with van der Waals surface area (Å²) in [7, 11) is -0.503. The van der Waals surface area contributed by atoms with Gasteiger partial charge in [-0.05, 0) is 58.4 Å². The Kier molecular flexibility index (Phi) is 4.47. The van der Waals surface area contributed by atoms with E-state index in [1.54, 1.807) is 18.6 Å². The molecular weight excluding hydrogens is 317 g/mol. The van der Waals surface area contributed by atoms with Crippen molar-refractivity contribution in [1.29, 1.82) is 0 Å². The molecule has 2 aromatic rings. The standard InChI is InChI=1S/C18H24BN3O3/c1-12(13-6-8-21-9-7-13)23-15-10-14(11-22-16(15)20)19-24-17(2,3)18(4,5)25-19/h6-12H,1-5H3,(H2,20,22)/t12-/m1/s1. The molecule has 1 atom stereocenters. The molecule has 1 aliphatic rings. The molecule has 2 N–H and O–H groups in total. The van der Waals surface area contributed by atoms with Gasteiger partial charge in [-0.2, -0.15) is 0 Å². The number of ether oxygens (including phenoxy) is 1. The van der Waals surface area contributed by atoms with Crippen LogP contribution in [0, 0.1) is 0 Å². The van der Waals surface area contributed by atoms with Crippen molar-refractivity contribution in [1.82, 2.24) is 9.97 Å². The quantitative estimate of drug-likeness (QED) is 0.861. The van der Waals surface area contributed by atoms with Crippen LogP contribution in [0.15, 0.2) is 36.8 Å². The summed E-state index contributed by atoms with van der Waals surface area (Å²) in [6.45, 7) is 10.0. The van der Waals surface area contributed by atoms with Gasteiger partial charge in [0.25, 0.3) is 0 Å².